The van der Waals surface area contributed by atoms with Crippen LogP contribution in [0.4, 0.5) is 4.39 Å². The van der Waals surface area contributed by atoms with E-state index in [-0.39, 0.29) is 17.5 Å². The molecule has 1 amide bonds. The zero-order valence-electron chi connectivity index (χ0n) is 14.6. The molecule has 134 valence electrons. The van der Waals surface area contributed by atoms with E-state index >= 15 is 0 Å². The van der Waals surface area contributed by atoms with Crippen LogP contribution in [0.1, 0.15) is 11.1 Å². The second kappa shape index (κ2) is 8.14. The fraction of sp³-hybridized carbons (Fsp3) is 0.211. The standard InChI is InChI=1S/C19H19FN4OS/c1-13-5-3-4-6-15(13)11-21-17(25)12-26-19-23-22-18(24(19)2)14-7-9-16(20)10-8-14/h3-10H,11-12H2,1-2H3,(H,21,25). The Morgan fingerprint density at radius 2 is 1.88 bits per heavy atom. The van der Waals surface area contributed by atoms with E-state index in [1.165, 1.54) is 23.9 Å². The topological polar surface area (TPSA) is 59.8 Å². The third kappa shape index (κ3) is 4.29. The number of aromatic nitrogens is 3. The molecule has 7 heteroatoms. The first-order valence-electron chi connectivity index (χ1n) is 8.14. The van der Waals surface area contributed by atoms with Crippen LogP contribution in [0.25, 0.3) is 11.4 Å². The second-order valence-electron chi connectivity index (χ2n) is 5.86. The number of hydrogen-bond acceptors (Lipinski definition) is 4. The van der Waals surface area contributed by atoms with Crippen molar-refractivity contribution in [2.75, 3.05) is 5.75 Å². The first kappa shape index (κ1) is 18.1. The number of amides is 1. The maximum atomic E-state index is 13.0. The minimum absolute atomic E-state index is 0.0652. The fourth-order valence-electron chi connectivity index (χ4n) is 2.47. The molecule has 1 N–H and O–H groups in total. The van der Waals surface area contributed by atoms with Crippen LogP contribution in [0.5, 0.6) is 0 Å². The van der Waals surface area contributed by atoms with Gasteiger partial charge in [-0.3, -0.25) is 4.79 Å². The minimum atomic E-state index is -0.296. The maximum absolute atomic E-state index is 13.0. The van der Waals surface area contributed by atoms with Gasteiger partial charge < -0.3 is 9.88 Å². The summed E-state index contributed by atoms with van der Waals surface area (Å²) in [4.78, 5) is 12.1. The molecule has 0 unspecified atom stereocenters. The number of rotatable bonds is 6. The number of nitrogens with zero attached hydrogens (tertiary/aromatic N) is 3. The van der Waals surface area contributed by atoms with Crippen LogP contribution in [-0.2, 0) is 18.4 Å². The summed E-state index contributed by atoms with van der Waals surface area (Å²) < 4.78 is 14.8. The summed E-state index contributed by atoms with van der Waals surface area (Å²) in [5.41, 5.74) is 3.03. The molecule has 0 aliphatic rings. The molecule has 0 saturated carbocycles. The largest absolute Gasteiger partial charge is 0.351 e. The lowest BCUT2D eigenvalue weighted by atomic mass is 10.1. The van der Waals surface area contributed by atoms with Crippen molar-refractivity contribution in [2.24, 2.45) is 7.05 Å². The second-order valence-corrected chi connectivity index (χ2v) is 6.81. The zero-order chi connectivity index (χ0) is 18.5. The number of halogens is 1. The van der Waals surface area contributed by atoms with Crippen molar-refractivity contribution >= 4 is 17.7 Å². The first-order chi connectivity index (χ1) is 12.5. The average molecular weight is 370 g/mol. The highest BCUT2D eigenvalue weighted by Gasteiger charge is 2.13. The van der Waals surface area contributed by atoms with Crippen LogP contribution >= 0.6 is 11.8 Å². The number of thioether (sulfide) groups is 1. The zero-order valence-corrected chi connectivity index (χ0v) is 15.4. The Hall–Kier alpha value is -2.67. The van der Waals surface area contributed by atoms with E-state index in [9.17, 15) is 9.18 Å². The molecule has 0 aliphatic carbocycles. The van der Waals surface area contributed by atoms with E-state index in [0.717, 1.165) is 16.7 Å². The van der Waals surface area contributed by atoms with Crippen molar-refractivity contribution < 1.29 is 9.18 Å². The third-order valence-corrected chi connectivity index (χ3v) is 5.03. The third-order valence-electron chi connectivity index (χ3n) is 4.01. The van der Waals surface area contributed by atoms with Gasteiger partial charge >= 0.3 is 0 Å². The van der Waals surface area contributed by atoms with Gasteiger partial charge in [0.05, 0.1) is 5.75 Å². The minimum Gasteiger partial charge on any atom is -0.351 e. The van der Waals surface area contributed by atoms with Crippen molar-refractivity contribution in [3.8, 4) is 11.4 Å². The van der Waals surface area contributed by atoms with E-state index in [1.807, 2.05) is 38.2 Å². The highest BCUT2D eigenvalue weighted by Crippen LogP contribution is 2.22. The normalized spacial score (nSPS) is 10.7. The van der Waals surface area contributed by atoms with Gasteiger partial charge in [0.15, 0.2) is 11.0 Å². The van der Waals surface area contributed by atoms with Crippen LogP contribution in [0.3, 0.4) is 0 Å². The lowest BCUT2D eigenvalue weighted by molar-refractivity contribution is -0.118. The predicted octanol–water partition coefficient (Wildman–Crippen LogP) is 3.34. The Balaban J connectivity index is 1.57. The van der Waals surface area contributed by atoms with Crippen molar-refractivity contribution in [2.45, 2.75) is 18.6 Å². The van der Waals surface area contributed by atoms with Gasteiger partial charge in [0.2, 0.25) is 5.91 Å². The molecule has 0 atom stereocenters. The smallest absolute Gasteiger partial charge is 0.230 e. The highest BCUT2D eigenvalue weighted by molar-refractivity contribution is 7.99. The van der Waals surface area contributed by atoms with Gasteiger partial charge in [0.25, 0.3) is 0 Å². The number of aryl methyl sites for hydroxylation is 1. The van der Waals surface area contributed by atoms with E-state index < -0.39 is 0 Å². The molecule has 0 spiro atoms. The van der Waals surface area contributed by atoms with Crippen molar-refractivity contribution in [1.82, 2.24) is 20.1 Å². The average Bonchev–Trinajstić information content (AvgIpc) is 3.00. The number of hydrogen-bond donors (Lipinski definition) is 1. The summed E-state index contributed by atoms with van der Waals surface area (Å²) >= 11 is 1.32. The predicted molar refractivity (Wildman–Crippen MR) is 100 cm³/mol. The van der Waals surface area contributed by atoms with Gasteiger partial charge in [-0.05, 0) is 42.3 Å². The van der Waals surface area contributed by atoms with Gasteiger partial charge in [0.1, 0.15) is 5.82 Å². The van der Waals surface area contributed by atoms with Crippen LogP contribution < -0.4 is 5.32 Å². The Labute approximate surface area is 155 Å². The SMILES string of the molecule is Cc1ccccc1CNC(=O)CSc1nnc(-c2ccc(F)cc2)n1C. The van der Waals surface area contributed by atoms with E-state index in [2.05, 4.69) is 15.5 Å². The van der Waals surface area contributed by atoms with Crippen molar-refractivity contribution in [1.29, 1.82) is 0 Å². The molecule has 2 aromatic carbocycles. The Kier molecular flexibility index (Phi) is 5.68. The van der Waals surface area contributed by atoms with Gasteiger partial charge in [-0.25, -0.2) is 4.39 Å². The van der Waals surface area contributed by atoms with Gasteiger partial charge in [-0.15, -0.1) is 10.2 Å². The van der Waals surface area contributed by atoms with Gasteiger partial charge in [0, 0.05) is 19.2 Å². The quantitative estimate of drug-likeness (QED) is 0.676. The van der Waals surface area contributed by atoms with Crippen LogP contribution in [-0.4, -0.2) is 26.4 Å². The molecule has 0 fully saturated rings. The molecule has 0 aliphatic heterocycles. The summed E-state index contributed by atoms with van der Waals surface area (Å²) in [5, 5.41) is 11.8. The van der Waals surface area contributed by atoms with Crippen LogP contribution in [0.2, 0.25) is 0 Å². The molecule has 1 heterocycles. The van der Waals surface area contributed by atoms with Crippen molar-refractivity contribution in [3.63, 3.8) is 0 Å². The molecule has 3 aromatic rings. The lowest BCUT2D eigenvalue weighted by Gasteiger charge is -2.08. The van der Waals surface area contributed by atoms with E-state index in [1.54, 1.807) is 16.7 Å². The number of nitrogens with one attached hydrogen (secondary N) is 1. The molecule has 3 rings (SSSR count). The molecule has 1 aromatic heterocycles. The summed E-state index contributed by atoms with van der Waals surface area (Å²) in [5.74, 6) is 0.523. The monoisotopic (exact) mass is 370 g/mol. The van der Waals surface area contributed by atoms with E-state index in [0.29, 0.717) is 17.5 Å². The highest BCUT2D eigenvalue weighted by atomic mass is 32.2. The molecule has 0 radical (unpaired) electrons. The molecule has 26 heavy (non-hydrogen) atoms. The van der Waals surface area contributed by atoms with Crippen LogP contribution in [0.15, 0.2) is 53.7 Å². The summed E-state index contributed by atoms with van der Waals surface area (Å²) in [6.45, 7) is 2.53. The summed E-state index contributed by atoms with van der Waals surface area (Å²) in [6, 6.07) is 14.0. The van der Waals surface area contributed by atoms with Crippen LogP contribution in [0, 0.1) is 12.7 Å². The van der Waals surface area contributed by atoms with Gasteiger partial charge in [-0.1, -0.05) is 36.0 Å². The fourth-order valence-corrected chi connectivity index (χ4v) is 3.22. The lowest BCUT2D eigenvalue weighted by Crippen LogP contribution is -2.25. The Morgan fingerprint density at radius 1 is 1.15 bits per heavy atom. The Bertz CT molecular complexity index is 908. The molecule has 0 saturated heterocycles. The maximum Gasteiger partial charge on any atom is 0.230 e. The molecule has 5 nitrogen and oxygen atoms in total. The number of carbonyl (C=O) groups is 1. The van der Waals surface area contributed by atoms with E-state index in [4.69, 9.17) is 0 Å². The molecular weight excluding hydrogens is 351 g/mol. The van der Waals surface area contributed by atoms with Crippen molar-refractivity contribution in [3.05, 3.63) is 65.5 Å². The summed E-state index contributed by atoms with van der Waals surface area (Å²) in [7, 11) is 1.83. The number of carbonyl (C=O) groups excluding carboxylic acids is 1. The summed E-state index contributed by atoms with van der Waals surface area (Å²) in [6.07, 6.45) is 0. The number of benzene rings is 2. The van der Waals surface area contributed by atoms with Gasteiger partial charge in [-0.2, -0.15) is 0 Å². The molecule has 0 bridgehead atoms. The molecular formula is C19H19FN4OS. The Morgan fingerprint density at radius 3 is 2.62 bits per heavy atom. The first-order valence-corrected chi connectivity index (χ1v) is 9.12.